The van der Waals surface area contributed by atoms with Crippen LogP contribution in [0.5, 0.6) is 0 Å². The van der Waals surface area contributed by atoms with E-state index in [4.69, 9.17) is 11.6 Å². The Morgan fingerprint density at radius 2 is 1.91 bits per heavy atom. The van der Waals surface area contributed by atoms with Crippen LogP contribution in [0.1, 0.15) is 6.92 Å². The quantitative estimate of drug-likeness (QED) is 0.662. The lowest BCUT2D eigenvalue weighted by Crippen LogP contribution is -2.42. The molecule has 0 bridgehead atoms. The molecule has 0 saturated carbocycles. The summed E-state index contributed by atoms with van der Waals surface area (Å²) in [5, 5.41) is 2.58. The van der Waals surface area contributed by atoms with Crippen molar-refractivity contribution in [2.24, 2.45) is 0 Å². The summed E-state index contributed by atoms with van der Waals surface area (Å²) in [6.07, 6.45) is -0.686. The van der Waals surface area contributed by atoms with Crippen molar-refractivity contribution in [2.75, 3.05) is 12.4 Å². The van der Waals surface area contributed by atoms with Gasteiger partial charge in [-0.05, 0) is 24.4 Å². The van der Waals surface area contributed by atoms with Crippen LogP contribution in [0, 0.1) is 0 Å². The van der Waals surface area contributed by atoms with E-state index in [-0.39, 0.29) is 18.3 Å². The maximum Gasteiger partial charge on any atom is 0.426 e. The third-order valence-corrected chi connectivity index (χ3v) is 4.13. The van der Waals surface area contributed by atoms with E-state index >= 15 is 0 Å². The highest BCUT2D eigenvalue weighted by Gasteiger charge is 2.09. The molecule has 0 aliphatic rings. The van der Waals surface area contributed by atoms with Crippen LogP contribution in [0.3, 0.4) is 0 Å². The lowest BCUT2D eigenvalue weighted by molar-refractivity contribution is -0.119. The van der Waals surface area contributed by atoms with Gasteiger partial charge in [0.25, 0.3) is 0 Å². The van der Waals surface area contributed by atoms with Gasteiger partial charge in [-0.3, -0.25) is 10.2 Å². The van der Waals surface area contributed by atoms with Gasteiger partial charge in [0, 0.05) is 15.3 Å². The molecule has 2 aromatic carbocycles. The second-order valence-electron chi connectivity index (χ2n) is 4.28. The van der Waals surface area contributed by atoms with Crippen LogP contribution < -0.4 is 10.9 Å². The van der Waals surface area contributed by atoms with Crippen LogP contribution >= 0.6 is 23.4 Å². The Labute approximate surface area is 137 Å². The summed E-state index contributed by atoms with van der Waals surface area (Å²) in [6.45, 7) is 1.92. The van der Waals surface area contributed by atoms with E-state index in [9.17, 15) is 9.59 Å². The lowest BCUT2D eigenvalue weighted by atomic mass is 10.1. The molecule has 5 nitrogen and oxygen atoms in total. The number of carbonyl (C=O) groups excluding carboxylic acids is 2. The van der Waals surface area contributed by atoms with E-state index in [2.05, 4.69) is 15.6 Å². The van der Waals surface area contributed by atoms with Crippen molar-refractivity contribution in [2.45, 2.75) is 11.8 Å². The van der Waals surface area contributed by atoms with Gasteiger partial charge in [0.1, 0.15) is 0 Å². The highest BCUT2D eigenvalue weighted by atomic mass is 35.5. The first-order valence-electron chi connectivity index (χ1n) is 6.63. The zero-order valence-electron chi connectivity index (χ0n) is 11.9. The lowest BCUT2D eigenvalue weighted by Gasteiger charge is -2.09. The molecule has 2 N–H and O–H groups in total. The Bertz CT molecular complexity index is 688. The number of carbonyl (C=O) groups is 2. The third-order valence-electron chi connectivity index (χ3n) is 2.75. The number of rotatable bonds is 4. The maximum absolute atomic E-state index is 11.7. The molecule has 0 unspecified atom stereocenters. The van der Waals surface area contributed by atoms with Crippen molar-refractivity contribution in [1.29, 1.82) is 0 Å². The van der Waals surface area contributed by atoms with Gasteiger partial charge in [0.15, 0.2) is 0 Å². The molecule has 2 aromatic rings. The van der Waals surface area contributed by atoms with Gasteiger partial charge in [-0.15, -0.1) is 11.8 Å². The number of hydrogen-bond donors (Lipinski definition) is 2. The van der Waals surface area contributed by atoms with Gasteiger partial charge in [-0.1, -0.05) is 35.9 Å². The molecule has 0 saturated heterocycles. The van der Waals surface area contributed by atoms with Gasteiger partial charge < -0.3 is 4.74 Å². The van der Waals surface area contributed by atoms with Gasteiger partial charge >= 0.3 is 6.09 Å². The number of ether oxygens (including phenoxy) is 1. The molecule has 116 valence electrons. The molecule has 0 aliphatic heterocycles. The zero-order chi connectivity index (χ0) is 15.9. The topological polar surface area (TPSA) is 67.4 Å². The summed E-state index contributed by atoms with van der Waals surface area (Å²) in [7, 11) is 0. The summed E-state index contributed by atoms with van der Waals surface area (Å²) in [5.41, 5.74) is 4.45. The highest BCUT2D eigenvalue weighted by molar-refractivity contribution is 8.00. The molecule has 0 aliphatic carbocycles. The van der Waals surface area contributed by atoms with Gasteiger partial charge in [-0.25, -0.2) is 10.2 Å². The fourth-order valence-corrected chi connectivity index (χ4v) is 3.10. The number of amides is 2. The average Bonchev–Trinajstić information content (AvgIpc) is 2.51. The van der Waals surface area contributed by atoms with Gasteiger partial charge in [0.2, 0.25) is 5.91 Å². The van der Waals surface area contributed by atoms with Crippen molar-refractivity contribution in [1.82, 2.24) is 10.9 Å². The number of hydrogen-bond acceptors (Lipinski definition) is 4. The average molecular weight is 339 g/mol. The Morgan fingerprint density at radius 3 is 2.64 bits per heavy atom. The molecule has 22 heavy (non-hydrogen) atoms. The van der Waals surface area contributed by atoms with Gasteiger partial charge in [-0.2, -0.15) is 0 Å². The Morgan fingerprint density at radius 1 is 1.18 bits per heavy atom. The molecule has 0 fully saturated rings. The minimum atomic E-state index is -0.686. The summed E-state index contributed by atoms with van der Waals surface area (Å²) in [6, 6.07) is 11.5. The highest BCUT2D eigenvalue weighted by Crippen LogP contribution is 2.32. The van der Waals surface area contributed by atoms with Crippen molar-refractivity contribution < 1.29 is 14.3 Å². The minimum absolute atomic E-state index is 0.150. The van der Waals surface area contributed by atoms with Crippen LogP contribution in [-0.4, -0.2) is 24.4 Å². The molecule has 7 heteroatoms. The number of benzene rings is 2. The van der Waals surface area contributed by atoms with E-state index < -0.39 is 6.09 Å². The second kappa shape index (κ2) is 7.91. The fourth-order valence-electron chi connectivity index (χ4n) is 1.85. The zero-order valence-corrected chi connectivity index (χ0v) is 13.5. The molecule has 2 rings (SSSR count). The van der Waals surface area contributed by atoms with Crippen LogP contribution in [0.25, 0.3) is 10.8 Å². The Kier molecular flexibility index (Phi) is 5.91. The predicted molar refractivity (Wildman–Crippen MR) is 88.0 cm³/mol. The van der Waals surface area contributed by atoms with E-state index in [0.717, 1.165) is 15.7 Å². The standard InChI is InChI=1S/C15H15ClN2O3S/c1-2-21-15(20)18-17-13(19)9-22-12-8-4-6-10-5-3-7-11(16)14(10)12/h3-8H,2,9H2,1H3,(H,17,19)(H,18,20). The van der Waals surface area contributed by atoms with E-state index in [1.54, 1.807) is 6.92 Å². The minimum Gasteiger partial charge on any atom is -0.449 e. The molecular formula is C15H15ClN2O3S. The second-order valence-corrected chi connectivity index (χ2v) is 5.70. The molecular weight excluding hydrogens is 324 g/mol. The van der Waals surface area contributed by atoms with Crippen molar-refractivity contribution in [3.63, 3.8) is 0 Å². The van der Waals surface area contributed by atoms with Gasteiger partial charge in [0.05, 0.1) is 12.4 Å². The number of halogens is 1. The smallest absolute Gasteiger partial charge is 0.426 e. The molecule has 2 amide bonds. The SMILES string of the molecule is CCOC(=O)NNC(=O)CSc1cccc2cccc(Cl)c12. The van der Waals surface area contributed by atoms with Crippen molar-refractivity contribution >= 4 is 46.1 Å². The largest absolute Gasteiger partial charge is 0.449 e. The molecule has 0 atom stereocenters. The number of fused-ring (bicyclic) bond motifs is 1. The first-order chi connectivity index (χ1) is 10.6. The predicted octanol–water partition coefficient (Wildman–Crippen LogP) is 3.36. The molecule has 0 spiro atoms. The molecule has 0 radical (unpaired) electrons. The normalized spacial score (nSPS) is 10.3. The number of hydrazine groups is 1. The van der Waals surface area contributed by atoms with Crippen molar-refractivity contribution in [3.8, 4) is 0 Å². The van der Waals surface area contributed by atoms with Crippen LogP contribution in [0.2, 0.25) is 5.02 Å². The Hall–Kier alpha value is -1.92. The van der Waals surface area contributed by atoms with E-state index in [1.807, 2.05) is 36.4 Å². The maximum atomic E-state index is 11.7. The van der Waals surface area contributed by atoms with E-state index in [0.29, 0.717) is 5.02 Å². The van der Waals surface area contributed by atoms with E-state index in [1.165, 1.54) is 11.8 Å². The summed E-state index contributed by atoms with van der Waals surface area (Å²) < 4.78 is 4.64. The summed E-state index contributed by atoms with van der Waals surface area (Å²) >= 11 is 7.58. The molecule has 0 aromatic heterocycles. The van der Waals surface area contributed by atoms with Crippen LogP contribution in [-0.2, 0) is 9.53 Å². The monoisotopic (exact) mass is 338 g/mol. The number of thioether (sulfide) groups is 1. The summed E-state index contributed by atoms with van der Waals surface area (Å²) in [5.74, 6) is -0.182. The first-order valence-corrected chi connectivity index (χ1v) is 8.00. The number of nitrogens with one attached hydrogen (secondary N) is 2. The van der Waals surface area contributed by atoms with Crippen molar-refractivity contribution in [3.05, 3.63) is 41.4 Å². The van der Waals surface area contributed by atoms with Crippen LogP contribution in [0.4, 0.5) is 4.79 Å². The Balaban J connectivity index is 1.97. The van der Waals surface area contributed by atoms with Crippen LogP contribution in [0.15, 0.2) is 41.3 Å². The first kappa shape index (κ1) is 16.5. The summed E-state index contributed by atoms with van der Waals surface area (Å²) in [4.78, 5) is 23.7. The molecule has 0 heterocycles. The fraction of sp³-hybridized carbons (Fsp3) is 0.200. The third kappa shape index (κ3) is 4.29.